The Kier molecular flexibility index (Phi) is 5.09. The van der Waals surface area contributed by atoms with E-state index in [4.69, 9.17) is 14.6 Å². The number of amides is 1. The zero-order valence-corrected chi connectivity index (χ0v) is 16.2. The minimum absolute atomic E-state index is 0.150. The van der Waals surface area contributed by atoms with E-state index >= 15 is 0 Å². The second kappa shape index (κ2) is 7.34. The maximum atomic E-state index is 12.9. The van der Waals surface area contributed by atoms with E-state index in [1.54, 1.807) is 32.4 Å². The maximum absolute atomic E-state index is 12.9. The molecular weight excluding hydrogens is 360 g/mol. The Balaban J connectivity index is 2.05. The molecule has 0 saturated carbocycles. The fourth-order valence-corrected chi connectivity index (χ4v) is 3.08. The fraction of sp³-hybridized carbons (Fsp3) is 0.286. The first-order valence-electron chi connectivity index (χ1n) is 8.74. The molecule has 0 unspecified atom stereocenters. The van der Waals surface area contributed by atoms with Gasteiger partial charge in [0.15, 0.2) is 11.5 Å². The van der Waals surface area contributed by atoms with Gasteiger partial charge in [0.05, 0.1) is 36.6 Å². The number of ether oxygens (including phenoxy) is 2. The molecule has 0 bridgehead atoms. The van der Waals surface area contributed by atoms with Gasteiger partial charge in [-0.1, -0.05) is 13.8 Å². The number of methoxy groups -OCH3 is 2. The molecule has 1 aliphatic rings. The number of carboxylic acid groups (broad SMARTS) is 1. The van der Waals surface area contributed by atoms with Crippen LogP contribution in [-0.2, 0) is 4.79 Å². The number of carbonyl (C=O) groups excluding carboxylic acids is 1. The Labute approximate surface area is 163 Å². The van der Waals surface area contributed by atoms with E-state index in [2.05, 4.69) is 5.10 Å². The predicted octanol–water partition coefficient (Wildman–Crippen LogP) is 3.57. The monoisotopic (exact) mass is 382 g/mol. The summed E-state index contributed by atoms with van der Waals surface area (Å²) in [4.78, 5) is 24.0. The SMILES string of the molecule is COc1ccc(C2=NN(c3ccc(C(=O)O)cc3)C(=O)C(C)(C)C2)cc1OC. The molecule has 28 heavy (non-hydrogen) atoms. The summed E-state index contributed by atoms with van der Waals surface area (Å²) in [7, 11) is 3.13. The molecule has 1 amide bonds. The number of rotatable bonds is 5. The van der Waals surface area contributed by atoms with Crippen molar-refractivity contribution < 1.29 is 24.2 Å². The third-order valence-electron chi connectivity index (χ3n) is 4.68. The van der Waals surface area contributed by atoms with Crippen LogP contribution in [0.15, 0.2) is 47.6 Å². The van der Waals surface area contributed by atoms with E-state index in [0.717, 1.165) is 11.3 Å². The van der Waals surface area contributed by atoms with Gasteiger partial charge in [0.25, 0.3) is 5.91 Å². The summed E-state index contributed by atoms with van der Waals surface area (Å²) in [6.45, 7) is 3.73. The number of hydrazone groups is 1. The average molecular weight is 382 g/mol. The summed E-state index contributed by atoms with van der Waals surface area (Å²) >= 11 is 0. The lowest BCUT2D eigenvalue weighted by Crippen LogP contribution is -2.44. The van der Waals surface area contributed by atoms with E-state index < -0.39 is 11.4 Å². The lowest BCUT2D eigenvalue weighted by molar-refractivity contribution is -0.126. The van der Waals surface area contributed by atoms with Crippen LogP contribution in [0.3, 0.4) is 0 Å². The highest BCUT2D eigenvalue weighted by Gasteiger charge is 2.39. The van der Waals surface area contributed by atoms with E-state index in [1.807, 2.05) is 26.0 Å². The molecule has 3 rings (SSSR count). The lowest BCUT2D eigenvalue weighted by atomic mass is 9.82. The van der Waals surface area contributed by atoms with Crippen molar-refractivity contribution in [3.05, 3.63) is 53.6 Å². The molecule has 0 saturated heterocycles. The summed E-state index contributed by atoms with van der Waals surface area (Å²) in [6.07, 6.45) is 0.463. The Bertz CT molecular complexity index is 948. The van der Waals surface area contributed by atoms with E-state index in [1.165, 1.54) is 17.1 Å². The minimum Gasteiger partial charge on any atom is -0.493 e. The van der Waals surface area contributed by atoms with E-state index in [9.17, 15) is 9.59 Å². The molecule has 1 aliphatic heterocycles. The van der Waals surface area contributed by atoms with Gasteiger partial charge in [-0.2, -0.15) is 5.10 Å². The summed E-state index contributed by atoms with van der Waals surface area (Å²) in [5.74, 6) is 0.0139. The zero-order chi connectivity index (χ0) is 20.5. The molecule has 7 nitrogen and oxygen atoms in total. The van der Waals surface area contributed by atoms with Crippen molar-refractivity contribution in [2.24, 2.45) is 10.5 Å². The van der Waals surface area contributed by atoms with Gasteiger partial charge < -0.3 is 14.6 Å². The molecule has 2 aromatic rings. The predicted molar refractivity (Wildman–Crippen MR) is 105 cm³/mol. The van der Waals surface area contributed by atoms with Crippen molar-refractivity contribution in [2.75, 3.05) is 19.2 Å². The van der Waals surface area contributed by atoms with Crippen LogP contribution in [0.25, 0.3) is 0 Å². The quantitative estimate of drug-likeness (QED) is 0.854. The average Bonchev–Trinajstić information content (AvgIpc) is 2.69. The third kappa shape index (κ3) is 3.55. The Morgan fingerprint density at radius 3 is 2.29 bits per heavy atom. The van der Waals surface area contributed by atoms with Crippen LogP contribution in [0.5, 0.6) is 11.5 Å². The summed E-state index contributed by atoms with van der Waals surface area (Å²) in [5, 5.41) is 15.0. The molecule has 0 radical (unpaired) electrons. The molecular formula is C21H22N2O5. The summed E-state index contributed by atoms with van der Waals surface area (Å²) in [5.41, 5.74) is 1.55. The van der Waals surface area contributed by atoms with Gasteiger partial charge in [-0.15, -0.1) is 0 Å². The number of aromatic carboxylic acids is 1. The van der Waals surface area contributed by atoms with Crippen molar-refractivity contribution in [2.45, 2.75) is 20.3 Å². The Morgan fingerprint density at radius 1 is 1.07 bits per heavy atom. The largest absolute Gasteiger partial charge is 0.493 e. The van der Waals surface area contributed by atoms with E-state index in [0.29, 0.717) is 23.6 Å². The van der Waals surface area contributed by atoms with Gasteiger partial charge in [-0.25, -0.2) is 9.80 Å². The van der Waals surface area contributed by atoms with Crippen LogP contribution in [0, 0.1) is 5.41 Å². The highest BCUT2D eigenvalue weighted by molar-refractivity contribution is 6.11. The van der Waals surface area contributed by atoms with Gasteiger partial charge in [0.1, 0.15) is 0 Å². The molecule has 2 aromatic carbocycles. The minimum atomic E-state index is -1.02. The third-order valence-corrected chi connectivity index (χ3v) is 4.68. The molecule has 0 fully saturated rings. The molecule has 146 valence electrons. The van der Waals surface area contributed by atoms with Crippen molar-refractivity contribution in [3.63, 3.8) is 0 Å². The Morgan fingerprint density at radius 2 is 1.71 bits per heavy atom. The second-order valence-corrected chi connectivity index (χ2v) is 7.15. The first-order valence-corrected chi connectivity index (χ1v) is 8.74. The molecule has 0 atom stereocenters. The van der Waals surface area contributed by atoms with Crippen LogP contribution in [0.2, 0.25) is 0 Å². The summed E-state index contributed by atoms with van der Waals surface area (Å²) in [6, 6.07) is 11.6. The molecule has 1 N–H and O–H groups in total. The smallest absolute Gasteiger partial charge is 0.335 e. The van der Waals surface area contributed by atoms with Gasteiger partial charge >= 0.3 is 5.97 Å². The number of carbonyl (C=O) groups is 2. The first-order chi connectivity index (χ1) is 13.3. The number of nitrogens with zero attached hydrogens (tertiary/aromatic N) is 2. The number of anilines is 1. The number of hydrogen-bond donors (Lipinski definition) is 1. The van der Waals surface area contributed by atoms with Crippen molar-refractivity contribution in [1.29, 1.82) is 0 Å². The van der Waals surface area contributed by atoms with Crippen molar-refractivity contribution >= 4 is 23.3 Å². The van der Waals surface area contributed by atoms with Gasteiger partial charge in [-0.05, 0) is 42.5 Å². The van der Waals surface area contributed by atoms with Gasteiger partial charge in [0.2, 0.25) is 0 Å². The maximum Gasteiger partial charge on any atom is 0.335 e. The lowest BCUT2D eigenvalue weighted by Gasteiger charge is -2.34. The number of carboxylic acids is 1. The zero-order valence-electron chi connectivity index (χ0n) is 16.2. The standard InChI is InChI=1S/C21H22N2O5/c1-21(2)12-16(14-7-10-17(27-3)18(11-14)28-4)22-23(20(21)26)15-8-5-13(6-9-15)19(24)25/h5-11H,12H2,1-4H3,(H,24,25). The molecule has 0 aliphatic carbocycles. The first kappa shape index (κ1) is 19.4. The molecule has 7 heteroatoms. The highest BCUT2D eigenvalue weighted by atomic mass is 16.5. The summed E-state index contributed by atoms with van der Waals surface area (Å²) < 4.78 is 10.7. The van der Waals surface area contributed by atoms with Crippen molar-refractivity contribution in [3.8, 4) is 11.5 Å². The number of benzene rings is 2. The van der Waals surface area contributed by atoms with Crippen LogP contribution >= 0.6 is 0 Å². The molecule has 0 aromatic heterocycles. The molecule has 1 heterocycles. The van der Waals surface area contributed by atoms with Crippen LogP contribution < -0.4 is 14.5 Å². The second-order valence-electron chi connectivity index (χ2n) is 7.15. The molecule has 0 spiro atoms. The Hall–Kier alpha value is -3.35. The van der Waals surface area contributed by atoms with Crippen molar-refractivity contribution in [1.82, 2.24) is 0 Å². The van der Waals surface area contributed by atoms with Gasteiger partial charge in [-0.3, -0.25) is 4.79 Å². The van der Waals surface area contributed by atoms with E-state index in [-0.39, 0.29) is 11.5 Å². The topological polar surface area (TPSA) is 88.4 Å². The van der Waals surface area contributed by atoms with Crippen LogP contribution in [-0.4, -0.2) is 36.9 Å². The van der Waals surface area contributed by atoms with Crippen LogP contribution in [0.4, 0.5) is 5.69 Å². The fourth-order valence-electron chi connectivity index (χ4n) is 3.08. The normalized spacial score (nSPS) is 15.8. The van der Waals surface area contributed by atoms with Gasteiger partial charge in [0, 0.05) is 12.0 Å². The van der Waals surface area contributed by atoms with Crippen LogP contribution in [0.1, 0.15) is 36.2 Å². The highest BCUT2D eigenvalue weighted by Crippen LogP contribution is 2.35. The number of hydrogen-bond acceptors (Lipinski definition) is 5.